The fraction of sp³-hybridized carbons (Fsp3) is 0.344. The number of hydrogen-bond acceptors (Lipinski definition) is 9. The zero-order valence-electron chi connectivity index (χ0n) is 25.0. The molecule has 43 heavy (non-hydrogen) atoms. The SMILES string of the molecule is COc1ncccc1Nc1ncc([N+](=O)[O-])c(N[C@H]2CCCC[C@@H]2O[Si](c2ccccc2)(c2ccccc2)C(C)(C)C)n1. The Labute approximate surface area is 253 Å². The average molecular weight is 599 g/mol. The van der Waals surface area contributed by atoms with E-state index in [9.17, 15) is 10.1 Å². The number of nitro groups is 1. The van der Waals surface area contributed by atoms with Crippen LogP contribution in [0.15, 0.2) is 85.2 Å². The van der Waals surface area contributed by atoms with Gasteiger partial charge < -0.3 is 19.8 Å². The van der Waals surface area contributed by atoms with E-state index in [0.717, 1.165) is 25.7 Å². The summed E-state index contributed by atoms with van der Waals surface area (Å²) in [5, 5.41) is 20.8. The first-order chi connectivity index (χ1) is 20.7. The molecule has 0 radical (unpaired) electrons. The second-order valence-electron chi connectivity index (χ2n) is 11.7. The molecule has 2 aromatic heterocycles. The third-order valence-corrected chi connectivity index (χ3v) is 13.0. The molecule has 1 fully saturated rings. The Bertz CT molecular complexity index is 1490. The van der Waals surface area contributed by atoms with Crippen LogP contribution in [0.3, 0.4) is 0 Å². The van der Waals surface area contributed by atoms with Crippen LogP contribution in [0.1, 0.15) is 46.5 Å². The van der Waals surface area contributed by atoms with E-state index >= 15 is 0 Å². The van der Waals surface area contributed by atoms with Crippen LogP contribution in [0, 0.1) is 10.1 Å². The van der Waals surface area contributed by atoms with E-state index in [4.69, 9.17) is 9.16 Å². The second kappa shape index (κ2) is 12.9. The van der Waals surface area contributed by atoms with Gasteiger partial charge >= 0.3 is 5.69 Å². The van der Waals surface area contributed by atoms with Crippen molar-refractivity contribution < 1.29 is 14.1 Å². The highest BCUT2D eigenvalue weighted by molar-refractivity contribution is 6.99. The lowest BCUT2D eigenvalue weighted by Crippen LogP contribution is -2.68. The molecule has 1 aliphatic carbocycles. The number of rotatable bonds is 10. The maximum absolute atomic E-state index is 12.1. The summed E-state index contributed by atoms with van der Waals surface area (Å²) in [4.78, 5) is 24.5. The van der Waals surface area contributed by atoms with Crippen LogP contribution in [0.25, 0.3) is 0 Å². The topological polar surface area (TPSA) is 124 Å². The van der Waals surface area contributed by atoms with Crippen LogP contribution in [-0.4, -0.2) is 47.4 Å². The molecule has 4 aromatic rings. The molecule has 0 saturated heterocycles. The summed E-state index contributed by atoms with van der Waals surface area (Å²) in [5.41, 5.74) is 0.355. The van der Waals surface area contributed by atoms with Gasteiger partial charge in [-0.15, -0.1) is 0 Å². The van der Waals surface area contributed by atoms with Crippen molar-refractivity contribution >= 4 is 41.8 Å². The van der Waals surface area contributed by atoms with Crippen molar-refractivity contribution in [2.75, 3.05) is 17.7 Å². The quantitative estimate of drug-likeness (QED) is 0.132. The molecule has 224 valence electrons. The average Bonchev–Trinajstić information content (AvgIpc) is 3.01. The molecule has 1 saturated carbocycles. The van der Waals surface area contributed by atoms with Crippen molar-refractivity contribution in [1.29, 1.82) is 0 Å². The number of ether oxygens (including phenoxy) is 1. The molecule has 0 unspecified atom stereocenters. The van der Waals surface area contributed by atoms with Crippen molar-refractivity contribution in [1.82, 2.24) is 15.0 Å². The van der Waals surface area contributed by atoms with Gasteiger partial charge in [0.05, 0.1) is 24.2 Å². The van der Waals surface area contributed by atoms with Gasteiger partial charge in [-0.3, -0.25) is 10.1 Å². The van der Waals surface area contributed by atoms with Gasteiger partial charge in [0.15, 0.2) is 0 Å². The van der Waals surface area contributed by atoms with Crippen LogP contribution >= 0.6 is 0 Å². The van der Waals surface area contributed by atoms with Crippen LogP contribution in [0.2, 0.25) is 5.04 Å². The summed E-state index contributed by atoms with van der Waals surface area (Å²) in [5.74, 6) is 0.706. The lowest BCUT2D eigenvalue weighted by atomic mass is 9.92. The van der Waals surface area contributed by atoms with Crippen molar-refractivity contribution in [3.8, 4) is 5.88 Å². The Hall–Kier alpha value is -4.35. The minimum Gasteiger partial charge on any atom is -0.480 e. The summed E-state index contributed by atoms with van der Waals surface area (Å²) >= 11 is 0. The second-order valence-corrected chi connectivity index (χ2v) is 16.0. The van der Waals surface area contributed by atoms with E-state index in [-0.39, 0.29) is 34.6 Å². The zero-order chi connectivity index (χ0) is 30.5. The van der Waals surface area contributed by atoms with E-state index in [1.807, 2.05) is 12.1 Å². The number of hydrogen-bond donors (Lipinski definition) is 2. The van der Waals surface area contributed by atoms with Gasteiger partial charge in [-0.1, -0.05) is 94.3 Å². The highest BCUT2D eigenvalue weighted by Gasteiger charge is 2.52. The molecule has 5 rings (SSSR count). The molecule has 0 amide bonds. The zero-order valence-corrected chi connectivity index (χ0v) is 26.0. The number of aromatic nitrogens is 3. The number of pyridine rings is 1. The maximum atomic E-state index is 12.1. The first-order valence-electron chi connectivity index (χ1n) is 14.6. The lowest BCUT2D eigenvalue weighted by Gasteiger charge is -2.47. The number of methoxy groups -OCH3 is 1. The minimum absolute atomic E-state index is 0.147. The highest BCUT2D eigenvalue weighted by atomic mass is 28.4. The fourth-order valence-electron chi connectivity index (χ4n) is 5.94. The monoisotopic (exact) mass is 598 g/mol. The lowest BCUT2D eigenvalue weighted by molar-refractivity contribution is -0.384. The first-order valence-corrected chi connectivity index (χ1v) is 16.5. The van der Waals surface area contributed by atoms with Gasteiger partial charge in [-0.05, 0) is 40.4 Å². The molecule has 0 spiro atoms. The summed E-state index contributed by atoms with van der Waals surface area (Å²) in [6.07, 6.45) is 6.27. The van der Waals surface area contributed by atoms with Gasteiger partial charge in [-0.2, -0.15) is 4.98 Å². The van der Waals surface area contributed by atoms with E-state index in [2.05, 4.69) is 94.9 Å². The van der Waals surface area contributed by atoms with Crippen LogP contribution in [0.5, 0.6) is 5.88 Å². The summed E-state index contributed by atoms with van der Waals surface area (Å²) in [6, 6.07) is 24.4. The third kappa shape index (κ3) is 6.37. The van der Waals surface area contributed by atoms with E-state index in [1.54, 1.807) is 18.3 Å². The van der Waals surface area contributed by atoms with Gasteiger partial charge in [0, 0.05) is 6.20 Å². The first kappa shape index (κ1) is 30.1. The molecule has 0 aliphatic heterocycles. The van der Waals surface area contributed by atoms with Crippen LogP contribution in [0.4, 0.5) is 23.1 Å². The maximum Gasteiger partial charge on any atom is 0.329 e. The minimum atomic E-state index is -2.84. The van der Waals surface area contributed by atoms with Crippen LogP contribution in [-0.2, 0) is 4.43 Å². The van der Waals surface area contributed by atoms with E-state index in [0.29, 0.717) is 11.6 Å². The predicted molar refractivity (Wildman–Crippen MR) is 171 cm³/mol. The highest BCUT2D eigenvalue weighted by Crippen LogP contribution is 2.40. The smallest absolute Gasteiger partial charge is 0.329 e. The summed E-state index contributed by atoms with van der Waals surface area (Å²) in [6.45, 7) is 6.76. The van der Waals surface area contributed by atoms with Gasteiger partial charge in [0.25, 0.3) is 8.32 Å². The molecular formula is C32H38N6O4Si. The largest absolute Gasteiger partial charge is 0.480 e. The number of benzene rings is 2. The van der Waals surface area contributed by atoms with Gasteiger partial charge in [-0.25, -0.2) is 9.97 Å². The number of nitrogens with zero attached hydrogens (tertiary/aromatic N) is 4. The Morgan fingerprint density at radius 3 is 2.19 bits per heavy atom. The fourth-order valence-corrected chi connectivity index (χ4v) is 10.7. The molecule has 1 aliphatic rings. The number of nitrogens with one attached hydrogen (secondary N) is 2. The van der Waals surface area contributed by atoms with E-state index < -0.39 is 13.2 Å². The van der Waals surface area contributed by atoms with Crippen molar-refractivity contribution in [3.05, 3.63) is 95.3 Å². The third-order valence-electron chi connectivity index (χ3n) is 7.95. The van der Waals surface area contributed by atoms with Crippen LogP contribution < -0.4 is 25.7 Å². The molecule has 10 nitrogen and oxygen atoms in total. The summed E-state index contributed by atoms with van der Waals surface area (Å²) < 4.78 is 12.8. The van der Waals surface area contributed by atoms with Crippen molar-refractivity contribution in [2.24, 2.45) is 0 Å². The standard InChI is InChI=1S/C32H38N6O4Si/c1-32(2,3)43(23-14-7-5-8-15-23,24-16-9-6-10-17-24)42-28-20-12-11-18-25(28)35-29-27(38(39)40)22-34-31(37-29)36-26-19-13-21-33-30(26)41-4/h5-10,13-17,19,21-22,25,28H,11-12,18,20H2,1-4H3,(H2,34,35,36,37)/t25-,28-/m0/s1. The molecule has 11 heteroatoms. The molecule has 2 heterocycles. The molecular weight excluding hydrogens is 560 g/mol. The van der Waals surface area contributed by atoms with Gasteiger partial charge in [0.2, 0.25) is 17.6 Å². The molecule has 0 bridgehead atoms. The Balaban J connectivity index is 1.52. The molecule has 2 aromatic carbocycles. The predicted octanol–water partition coefficient (Wildman–Crippen LogP) is 5.83. The van der Waals surface area contributed by atoms with Gasteiger partial charge in [0.1, 0.15) is 11.9 Å². The Kier molecular flexibility index (Phi) is 9.02. The molecule has 2 atom stereocenters. The Morgan fingerprint density at radius 1 is 0.930 bits per heavy atom. The normalized spacial score (nSPS) is 17.2. The van der Waals surface area contributed by atoms with Crippen molar-refractivity contribution in [2.45, 2.75) is 63.6 Å². The Morgan fingerprint density at radius 2 is 1.58 bits per heavy atom. The van der Waals surface area contributed by atoms with E-state index in [1.165, 1.54) is 23.7 Å². The van der Waals surface area contributed by atoms with Crippen molar-refractivity contribution in [3.63, 3.8) is 0 Å². The molecule has 2 N–H and O–H groups in total. The number of anilines is 3. The summed E-state index contributed by atoms with van der Waals surface area (Å²) in [7, 11) is -1.32.